The Morgan fingerprint density at radius 2 is 1.71 bits per heavy atom. The molecule has 0 aromatic heterocycles. The van der Waals surface area contributed by atoms with Gasteiger partial charge in [-0.25, -0.2) is 0 Å². The highest BCUT2D eigenvalue weighted by molar-refractivity contribution is 5.96. The minimum Gasteiger partial charge on any atom is -0.508 e. The standard InChI is InChI=1S/C16H19NO4/c1-9-8-14(18)10(2)7-13(9)17-15(19)11-5-3-4-6-12(11)16(20)21/h3-4,7-8,11-12,18H,5-6H2,1-2H3,(H,17,19)(H,20,21)/t11-,12+/m1/s1. The lowest BCUT2D eigenvalue weighted by Gasteiger charge is -2.24. The second-order valence-electron chi connectivity index (χ2n) is 5.44. The Morgan fingerprint density at radius 1 is 1.10 bits per heavy atom. The number of carbonyl (C=O) groups is 2. The zero-order chi connectivity index (χ0) is 15.6. The number of phenols is 1. The second kappa shape index (κ2) is 5.99. The van der Waals surface area contributed by atoms with Gasteiger partial charge < -0.3 is 15.5 Å². The Labute approximate surface area is 123 Å². The highest BCUT2D eigenvalue weighted by atomic mass is 16.4. The third-order valence-corrected chi connectivity index (χ3v) is 3.89. The van der Waals surface area contributed by atoms with Gasteiger partial charge in [0.2, 0.25) is 5.91 Å². The molecular weight excluding hydrogens is 270 g/mol. The smallest absolute Gasteiger partial charge is 0.307 e. The fourth-order valence-corrected chi connectivity index (χ4v) is 2.54. The number of allylic oxidation sites excluding steroid dienone is 2. The van der Waals surface area contributed by atoms with Crippen molar-refractivity contribution < 1.29 is 19.8 Å². The van der Waals surface area contributed by atoms with Crippen molar-refractivity contribution in [1.29, 1.82) is 0 Å². The molecule has 1 aromatic carbocycles. The number of carbonyl (C=O) groups excluding carboxylic acids is 1. The average Bonchev–Trinajstić information content (AvgIpc) is 2.44. The van der Waals surface area contributed by atoms with Gasteiger partial charge in [0.25, 0.3) is 0 Å². The number of carboxylic acids is 1. The molecule has 0 saturated carbocycles. The predicted molar refractivity (Wildman–Crippen MR) is 79.2 cm³/mol. The third kappa shape index (κ3) is 3.24. The lowest BCUT2D eigenvalue weighted by molar-refractivity contribution is -0.146. The highest BCUT2D eigenvalue weighted by Gasteiger charge is 2.34. The van der Waals surface area contributed by atoms with Gasteiger partial charge in [0.15, 0.2) is 0 Å². The molecule has 5 nitrogen and oxygen atoms in total. The third-order valence-electron chi connectivity index (χ3n) is 3.89. The minimum absolute atomic E-state index is 0.175. The van der Waals surface area contributed by atoms with Gasteiger partial charge in [-0.2, -0.15) is 0 Å². The molecule has 0 heterocycles. The first-order chi connectivity index (χ1) is 9.90. The number of amides is 1. The van der Waals surface area contributed by atoms with Crippen molar-refractivity contribution in [1.82, 2.24) is 0 Å². The first-order valence-electron chi connectivity index (χ1n) is 6.89. The molecule has 2 rings (SSSR count). The van der Waals surface area contributed by atoms with Gasteiger partial charge in [0, 0.05) is 5.69 Å². The van der Waals surface area contributed by atoms with Crippen molar-refractivity contribution in [3.63, 3.8) is 0 Å². The van der Waals surface area contributed by atoms with E-state index in [1.165, 1.54) is 0 Å². The first kappa shape index (κ1) is 15.1. The van der Waals surface area contributed by atoms with Crippen LogP contribution in [0.4, 0.5) is 5.69 Å². The number of phenolic OH excluding ortho intramolecular Hbond substituents is 1. The van der Waals surface area contributed by atoms with Crippen LogP contribution in [0.1, 0.15) is 24.0 Å². The van der Waals surface area contributed by atoms with E-state index < -0.39 is 17.8 Å². The van der Waals surface area contributed by atoms with E-state index >= 15 is 0 Å². The van der Waals surface area contributed by atoms with Crippen molar-refractivity contribution in [3.05, 3.63) is 35.4 Å². The van der Waals surface area contributed by atoms with E-state index in [2.05, 4.69) is 5.32 Å². The molecule has 3 N–H and O–H groups in total. The number of aryl methyl sites for hydroxylation is 2. The topological polar surface area (TPSA) is 86.6 Å². The number of benzene rings is 1. The van der Waals surface area contributed by atoms with Crippen molar-refractivity contribution in [2.24, 2.45) is 11.8 Å². The van der Waals surface area contributed by atoms with E-state index in [0.717, 1.165) is 5.56 Å². The van der Waals surface area contributed by atoms with Crippen LogP contribution in [0.15, 0.2) is 24.3 Å². The summed E-state index contributed by atoms with van der Waals surface area (Å²) in [4.78, 5) is 23.6. The summed E-state index contributed by atoms with van der Waals surface area (Å²) in [5.74, 6) is -2.32. The number of hydrogen-bond acceptors (Lipinski definition) is 3. The van der Waals surface area contributed by atoms with Crippen LogP contribution in [0.25, 0.3) is 0 Å². The van der Waals surface area contributed by atoms with Crippen molar-refractivity contribution in [2.45, 2.75) is 26.7 Å². The molecule has 112 valence electrons. The van der Waals surface area contributed by atoms with Crippen LogP contribution in [-0.2, 0) is 9.59 Å². The number of hydrogen-bond donors (Lipinski definition) is 3. The number of rotatable bonds is 3. The quantitative estimate of drug-likeness (QED) is 0.589. The molecule has 0 aliphatic heterocycles. The number of aromatic hydroxyl groups is 1. The molecule has 2 atom stereocenters. The molecule has 0 bridgehead atoms. The summed E-state index contributed by atoms with van der Waals surface area (Å²) in [6.07, 6.45) is 4.46. The zero-order valence-electron chi connectivity index (χ0n) is 12.1. The van der Waals surface area contributed by atoms with Gasteiger partial charge in [-0.3, -0.25) is 9.59 Å². The fourth-order valence-electron chi connectivity index (χ4n) is 2.54. The van der Waals surface area contributed by atoms with E-state index in [1.54, 1.807) is 32.1 Å². The molecular formula is C16H19NO4. The molecule has 0 unspecified atom stereocenters. The zero-order valence-corrected chi connectivity index (χ0v) is 12.1. The Kier molecular flexibility index (Phi) is 4.31. The molecule has 1 aliphatic rings. The van der Waals surface area contributed by atoms with Crippen molar-refractivity contribution >= 4 is 17.6 Å². The number of nitrogens with one attached hydrogen (secondary N) is 1. The Hall–Kier alpha value is -2.30. The minimum atomic E-state index is -0.946. The van der Waals surface area contributed by atoms with Crippen LogP contribution in [0.3, 0.4) is 0 Å². The maximum atomic E-state index is 12.4. The molecule has 1 amide bonds. The van der Waals surface area contributed by atoms with Gasteiger partial charge >= 0.3 is 5.97 Å². The molecule has 0 saturated heterocycles. The molecule has 0 radical (unpaired) electrons. The van der Waals surface area contributed by atoms with Crippen LogP contribution in [0, 0.1) is 25.7 Å². The predicted octanol–water partition coefficient (Wildman–Crippen LogP) is 2.61. The Morgan fingerprint density at radius 3 is 2.33 bits per heavy atom. The summed E-state index contributed by atoms with van der Waals surface area (Å²) in [6, 6.07) is 3.28. The van der Waals surface area contributed by atoms with Gasteiger partial charge in [-0.05, 0) is 49.9 Å². The molecule has 0 fully saturated rings. The SMILES string of the molecule is Cc1cc(NC(=O)[C@@H]2CC=CC[C@@H]2C(=O)O)c(C)cc1O. The number of anilines is 1. The largest absolute Gasteiger partial charge is 0.508 e. The summed E-state index contributed by atoms with van der Waals surface area (Å²) in [5.41, 5.74) is 2.01. The van der Waals surface area contributed by atoms with E-state index in [-0.39, 0.29) is 11.7 Å². The second-order valence-corrected chi connectivity index (χ2v) is 5.44. The number of carboxylic acid groups (broad SMARTS) is 1. The molecule has 21 heavy (non-hydrogen) atoms. The van der Waals surface area contributed by atoms with Gasteiger partial charge in [0.1, 0.15) is 5.75 Å². The maximum absolute atomic E-state index is 12.4. The van der Waals surface area contributed by atoms with Crippen LogP contribution in [0.5, 0.6) is 5.75 Å². The summed E-state index contributed by atoms with van der Waals surface area (Å²) in [6.45, 7) is 3.53. The average molecular weight is 289 g/mol. The Bertz CT molecular complexity index is 607. The summed E-state index contributed by atoms with van der Waals surface area (Å²) in [5, 5.41) is 21.6. The molecule has 1 aliphatic carbocycles. The highest BCUT2D eigenvalue weighted by Crippen LogP contribution is 2.29. The Balaban J connectivity index is 2.19. The van der Waals surface area contributed by atoms with E-state index in [4.69, 9.17) is 0 Å². The monoisotopic (exact) mass is 289 g/mol. The van der Waals surface area contributed by atoms with Gasteiger partial charge in [-0.15, -0.1) is 0 Å². The maximum Gasteiger partial charge on any atom is 0.307 e. The molecule has 5 heteroatoms. The normalized spacial score (nSPS) is 21.0. The lowest BCUT2D eigenvalue weighted by Crippen LogP contribution is -2.34. The summed E-state index contributed by atoms with van der Waals surface area (Å²) in [7, 11) is 0. The summed E-state index contributed by atoms with van der Waals surface area (Å²) < 4.78 is 0. The van der Waals surface area contributed by atoms with Crippen molar-refractivity contribution in [2.75, 3.05) is 5.32 Å². The van der Waals surface area contributed by atoms with Crippen LogP contribution < -0.4 is 5.32 Å². The fraction of sp³-hybridized carbons (Fsp3) is 0.375. The lowest BCUT2D eigenvalue weighted by atomic mass is 9.82. The first-order valence-corrected chi connectivity index (χ1v) is 6.89. The van der Waals surface area contributed by atoms with Gasteiger partial charge in [-0.1, -0.05) is 12.2 Å². The van der Waals surface area contributed by atoms with E-state index in [9.17, 15) is 19.8 Å². The van der Waals surface area contributed by atoms with Gasteiger partial charge in [0.05, 0.1) is 11.8 Å². The van der Waals surface area contributed by atoms with E-state index in [1.807, 2.05) is 6.08 Å². The summed E-state index contributed by atoms with van der Waals surface area (Å²) >= 11 is 0. The van der Waals surface area contributed by atoms with Crippen LogP contribution in [0.2, 0.25) is 0 Å². The van der Waals surface area contributed by atoms with Crippen molar-refractivity contribution in [3.8, 4) is 5.75 Å². The number of aliphatic carboxylic acids is 1. The van der Waals surface area contributed by atoms with E-state index in [0.29, 0.717) is 24.1 Å². The van der Waals surface area contributed by atoms with Crippen LogP contribution in [-0.4, -0.2) is 22.1 Å². The van der Waals surface area contributed by atoms with Crippen LogP contribution >= 0.6 is 0 Å². The molecule has 1 aromatic rings. The molecule has 0 spiro atoms.